The van der Waals surface area contributed by atoms with Gasteiger partial charge in [-0.25, -0.2) is 0 Å². The van der Waals surface area contributed by atoms with Crippen molar-refractivity contribution in [1.82, 2.24) is 0 Å². The average molecular weight is 726 g/mol. The second-order valence-corrected chi connectivity index (χ2v) is 15.2. The molecule has 0 fully saturated rings. The first-order chi connectivity index (χ1) is 28.3. The van der Waals surface area contributed by atoms with Crippen LogP contribution >= 0.6 is 0 Å². The zero-order valence-corrected chi connectivity index (χ0v) is 31.1. The van der Waals surface area contributed by atoms with Crippen LogP contribution in [0.5, 0.6) is 0 Å². The molecular formula is C55H35NO. The van der Waals surface area contributed by atoms with Gasteiger partial charge < -0.3 is 9.32 Å². The van der Waals surface area contributed by atoms with E-state index in [1.165, 1.54) is 61.2 Å². The lowest BCUT2D eigenvalue weighted by atomic mass is 9.70. The molecule has 266 valence electrons. The van der Waals surface area contributed by atoms with Gasteiger partial charge in [0.2, 0.25) is 0 Å². The van der Waals surface area contributed by atoms with E-state index in [0.717, 1.165) is 44.6 Å². The fourth-order valence-corrected chi connectivity index (χ4v) is 9.93. The van der Waals surface area contributed by atoms with Crippen LogP contribution in [0.4, 0.5) is 17.1 Å². The number of rotatable bonds is 5. The molecule has 0 atom stereocenters. The van der Waals surface area contributed by atoms with Crippen molar-refractivity contribution >= 4 is 39.0 Å². The van der Waals surface area contributed by atoms with Crippen LogP contribution in [0.25, 0.3) is 66.4 Å². The standard InChI is InChI=1S/C55H35NO/c1-4-16-36(17-5-1)38-28-31-41(32-29-38)56(40-20-8-3-9-21-40)54-52-44-24-12-15-27-48(44)55(46-25-13-10-22-42(46)43-23-11-14-26-47(43)55)49(52)35-51-53(54)45-33-30-39(34-50(45)57-51)37-18-6-2-7-19-37/h1-35H. The summed E-state index contributed by atoms with van der Waals surface area (Å²) >= 11 is 0. The second-order valence-electron chi connectivity index (χ2n) is 15.2. The minimum Gasteiger partial charge on any atom is -0.456 e. The number of para-hydroxylation sites is 1. The van der Waals surface area contributed by atoms with Gasteiger partial charge >= 0.3 is 0 Å². The molecule has 0 radical (unpaired) electrons. The van der Waals surface area contributed by atoms with Crippen molar-refractivity contribution in [3.05, 3.63) is 235 Å². The lowest BCUT2D eigenvalue weighted by Crippen LogP contribution is -2.26. The Kier molecular flexibility index (Phi) is 6.88. The second kappa shape index (κ2) is 12.3. The Morgan fingerprint density at radius 2 is 0.825 bits per heavy atom. The Morgan fingerprint density at radius 3 is 1.46 bits per heavy atom. The van der Waals surface area contributed by atoms with E-state index in [4.69, 9.17) is 4.42 Å². The van der Waals surface area contributed by atoms with Crippen LogP contribution in [0.3, 0.4) is 0 Å². The maximum absolute atomic E-state index is 7.13. The SMILES string of the molecule is c1ccc(-c2ccc(N(c3ccccc3)c3c4c(cc5oc6cc(-c7ccccc7)ccc6c35)C3(c5ccccc5-c5ccccc53)c3ccccc3-4)cc2)cc1. The van der Waals surface area contributed by atoms with Crippen LogP contribution in [0, 0.1) is 0 Å². The molecule has 1 heterocycles. The molecule has 0 unspecified atom stereocenters. The van der Waals surface area contributed by atoms with Gasteiger partial charge in [-0.15, -0.1) is 0 Å². The van der Waals surface area contributed by atoms with E-state index in [1.54, 1.807) is 0 Å². The van der Waals surface area contributed by atoms with Crippen molar-refractivity contribution < 1.29 is 4.42 Å². The van der Waals surface area contributed by atoms with Gasteiger partial charge in [0.25, 0.3) is 0 Å². The van der Waals surface area contributed by atoms with Crippen molar-refractivity contribution in [2.24, 2.45) is 0 Å². The van der Waals surface area contributed by atoms with Crippen LogP contribution in [0.15, 0.2) is 217 Å². The molecule has 2 aliphatic carbocycles. The zero-order valence-electron chi connectivity index (χ0n) is 31.1. The van der Waals surface area contributed by atoms with E-state index in [9.17, 15) is 0 Å². The Bertz CT molecular complexity index is 3120. The molecule has 0 amide bonds. The third-order valence-corrected chi connectivity index (χ3v) is 12.3. The maximum atomic E-state index is 7.13. The summed E-state index contributed by atoms with van der Waals surface area (Å²) in [5.41, 5.74) is 19.4. The first-order valence-corrected chi connectivity index (χ1v) is 19.7. The molecule has 0 aliphatic heterocycles. The van der Waals surface area contributed by atoms with Crippen molar-refractivity contribution in [2.75, 3.05) is 4.90 Å². The Morgan fingerprint density at radius 1 is 0.351 bits per heavy atom. The number of benzene rings is 9. The molecular weight excluding hydrogens is 691 g/mol. The van der Waals surface area contributed by atoms with Crippen LogP contribution < -0.4 is 4.90 Å². The van der Waals surface area contributed by atoms with E-state index in [0.29, 0.717) is 0 Å². The lowest BCUT2D eigenvalue weighted by molar-refractivity contribution is 0.667. The highest BCUT2D eigenvalue weighted by molar-refractivity contribution is 6.20. The normalized spacial score (nSPS) is 13.1. The molecule has 12 rings (SSSR count). The van der Waals surface area contributed by atoms with Gasteiger partial charge in [0, 0.05) is 22.3 Å². The molecule has 0 bridgehead atoms. The van der Waals surface area contributed by atoms with Crippen molar-refractivity contribution in [3.63, 3.8) is 0 Å². The first-order valence-electron chi connectivity index (χ1n) is 19.7. The predicted octanol–water partition coefficient (Wildman–Crippen LogP) is 14.7. The number of anilines is 3. The Labute approximate surface area is 331 Å². The third kappa shape index (κ3) is 4.53. The lowest BCUT2D eigenvalue weighted by Gasteiger charge is -2.32. The van der Waals surface area contributed by atoms with Crippen LogP contribution in [0.2, 0.25) is 0 Å². The summed E-state index contributed by atoms with van der Waals surface area (Å²) < 4.78 is 7.13. The highest BCUT2D eigenvalue weighted by Crippen LogP contribution is 2.66. The Hall–Kier alpha value is -7.42. The molecule has 0 saturated carbocycles. The van der Waals surface area contributed by atoms with Crippen LogP contribution in [-0.2, 0) is 5.41 Å². The van der Waals surface area contributed by atoms with Gasteiger partial charge in [0.15, 0.2) is 0 Å². The van der Waals surface area contributed by atoms with Gasteiger partial charge in [-0.1, -0.05) is 170 Å². The third-order valence-electron chi connectivity index (χ3n) is 12.3. The highest BCUT2D eigenvalue weighted by atomic mass is 16.3. The molecule has 10 aromatic rings. The monoisotopic (exact) mass is 725 g/mol. The van der Waals surface area contributed by atoms with Crippen molar-refractivity contribution in [2.45, 2.75) is 5.41 Å². The molecule has 0 saturated heterocycles. The Balaban J connectivity index is 1.23. The summed E-state index contributed by atoms with van der Waals surface area (Å²) in [4.78, 5) is 2.47. The highest BCUT2D eigenvalue weighted by Gasteiger charge is 2.53. The summed E-state index contributed by atoms with van der Waals surface area (Å²) in [6.45, 7) is 0. The van der Waals surface area contributed by atoms with Crippen molar-refractivity contribution in [3.8, 4) is 44.5 Å². The number of hydrogen-bond acceptors (Lipinski definition) is 2. The van der Waals surface area contributed by atoms with E-state index < -0.39 is 5.41 Å². The molecule has 1 spiro atoms. The number of hydrogen-bond donors (Lipinski definition) is 0. The summed E-state index contributed by atoms with van der Waals surface area (Å²) in [7, 11) is 0. The summed E-state index contributed by atoms with van der Waals surface area (Å²) in [6.07, 6.45) is 0. The molecule has 1 aromatic heterocycles. The molecule has 2 nitrogen and oxygen atoms in total. The smallest absolute Gasteiger partial charge is 0.137 e. The van der Waals surface area contributed by atoms with Gasteiger partial charge in [-0.3, -0.25) is 0 Å². The van der Waals surface area contributed by atoms with Gasteiger partial charge in [0.05, 0.1) is 16.5 Å². The first kappa shape index (κ1) is 31.9. The average Bonchev–Trinajstić information content (AvgIpc) is 3.91. The van der Waals surface area contributed by atoms with Crippen LogP contribution in [-0.4, -0.2) is 0 Å². The quantitative estimate of drug-likeness (QED) is 0.176. The number of nitrogens with zero attached hydrogens (tertiary/aromatic N) is 1. The summed E-state index contributed by atoms with van der Waals surface area (Å²) in [5.74, 6) is 0. The van der Waals surface area contributed by atoms with E-state index >= 15 is 0 Å². The van der Waals surface area contributed by atoms with Crippen LogP contribution in [0.1, 0.15) is 22.3 Å². The molecule has 2 aliphatic rings. The molecule has 0 N–H and O–H groups in total. The number of fused-ring (bicyclic) bond motifs is 13. The fourth-order valence-electron chi connectivity index (χ4n) is 9.93. The summed E-state index contributed by atoms with van der Waals surface area (Å²) in [5, 5.41) is 2.20. The molecule has 57 heavy (non-hydrogen) atoms. The van der Waals surface area contributed by atoms with Gasteiger partial charge in [0.1, 0.15) is 11.2 Å². The van der Waals surface area contributed by atoms with Crippen molar-refractivity contribution in [1.29, 1.82) is 0 Å². The van der Waals surface area contributed by atoms with E-state index in [-0.39, 0.29) is 0 Å². The fraction of sp³-hybridized carbons (Fsp3) is 0.0182. The van der Waals surface area contributed by atoms with Gasteiger partial charge in [-0.2, -0.15) is 0 Å². The molecule has 9 aromatic carbocycles. The topological polar surface area (TPSA) is 16.4 Å². The maximum Gasteiger partial charge on any atom is 0.137 e. The minimum atomic E-state index is -0.532. The summed E-state index contributed by atoms with van der Waals surface area (Å²) in [6, 6.07) is 77.2. The number of furan rings is 1. The minimum absolute atomic E-state index is 0.532. The molecule has 2 heteroatoms. The van der Waals surface area contributed by atoms with E-state index in [1.807, 2.05) is 0 Å². The van der Waals surface area contributed by atoms with Gasteiger partial charge in [-0.05, 0) is 104 Å². The zero-order chi connectivity index (χ0) is 37.5. The largest absolute Gasteiger partial charge is 0.456 e. The predicted molar refractivity (Wildman–Crippen MR) is 236 cm³/mol. The van der Waals surface area contributed by atoms with E-state index in [2.05, 4.69) is 217 Å².